The van der Waals surface area contributed by atoms with Crippen LogP contribution in [0.4, 0.5) is 10.2 Å². The Morgan fingerprint density at radius 3 is 2.89 bits per heavy atom. The molecule has 27 heavy (non-hydrogen) atoms. The van der Waals surface area contributed by atoms with Crippen molar-refractivity contribution in [3.05, 3.63) is 30.3 Å². The van der Waals surface area contributed by atoms with Crippen LogP contribution in [0.25, 0.3) is 22.3 Å². The predicted molar refractivity (Wildman–Crippen MR) is 100 cm³/mol. The van der Waals surface area contributed by atoms with Crippen LogP contribution in [-0.4, -0.2) is 44.9 Å². The van der Waals surface area contributed by atoms with Crippen molar-refractivity contribution in [2.75, 3.05) is 18.0 Å². The van der Waals surface area contributed by atoms with Gasteiger partial charge in [0.25, 0.3) is 0 Å². The van der Waals surface area contributed by atoms with Crippen molar-refractivity contribution < 1.29 is 9.13 Å². The number of anilines is 1. The highest BCUT2D eigenvalue weighted by molar-refractivity contribution is 5.93. The van der Waals surface area contributed by atoms with Crippen molar-refractivity contribution in [1.82, 2.24) is 20.2 Å². The van der Waals surface area contributed by atoms with E-state index in [2.05, 4.69) is 25.1 Å². The van der Waals surface area contributed by atoms with E-state index < -0.39 is 0 Å². The summed E-state index contributed by atoms with van der Waals surface area (Å²) in [5.41, 5.74) is 7.70. The monoisotopic (exact) mass is 368 g/mol. The van der Waals surface area contributed by atoms with Crippen molar-refractivity contribution >= 4 is 16.7 Å². The fraction of sp³-hybridized carbons (Fsp3) is 0.421. The van der Waals surface area contributed by atoms with E-state index in [0.29, 0.717) is 16.9 Å². The first-order chi connectivity index (χ1) is 13.0. The molecule has 5 rings (SSSR count). The van der Waals surface area contributed by atoms with Gasteiger partial charge in [0.15, 0.2) is 11.6 Å². The first-order valence-corrected chi connectivity index (χ1v) is 9.20. The molecule has 1 aliphatic carbocycles. The van der Waals surface area contributed by atoms with E-state index in [-0.39, 0.29) is 23.2 Å². The van der Waals surface area contributed by atoms with Gasteiger partial charge < -0.3 is 15.4 Å². The summed E-state index contributed by atoms with van der Waals surface area (Å²) in [6.07, 6.45) is 4.36. The molecule has 1 atom stereocenters. The highest BCUT2D eigenvalue weighted by Crippen LogP contribution is 2.41. The third-order valence-electron chi connectivity index (χ3n) is 5.37. The smallest absolute Gasteiger partial charge is 0.167 e. The molecule has 1 unspecified atom stereocenters. The van der Waals surface area contributed by atoms with Gasteiger partial charge in [-0.15, -0.1) is 0 Å². The van der Waals surface area contributed by atoms with Crippen LogP contribution in [0.2, 0.25) is 0 Å². The van der Waals surface area contributed by atoms with Gasteiger partial charge in [0, 0.05) is 36.7 Å². The van der Waals surface area contributed by atoms with Gasteiger partial charge in [-0.05, 0) is 32.3 Å². The van der Waals surface area contributed by atoms with Gasteiger partial charge in [-0.2, -0.15) is 5.10 Å². The summed E-state index contributed by atoms with van der Waals surface area (Å²) in [4.78, 5) is 10.9. The third-order valence-corrected chi connectivity index (χ3v) is 5.37. The number of ether oxygens (including phenoxy) is 1. The number of hydrogen-bond donors (Lipinski definition) is 2. The Kier molecular flexibility index (Phi) is 3.58. The second-order valence-corrected chi connectivity index (χ2v) is 7.71. The number of hydrogen-bond acceptors (Lipinski definition) is 6. The molecule has 2 fully saturated rings. The Morgan fingerprint density at radius 2 is 2.15 bits per heavy atom. The molecule has 3 aromatic rings. The number of fused-ring (bicyclic) bond motifs is 1. The number of rotatable bonds is 4. The van der Waals surface area contributed by atoms with Gasteiger partial charge in [-0.25, -0.2) is 14.4 Å². The zero-order chi connectivity index (χ0) is 18.6. The second kappa shape index (κ2) is 5.88. The Labute approximate surface area is 155 Å². The molecule has 2 aromatic heterocycles. The second-order valence-electron chi connectivity index (χ2n) is 7.71. The largest absolute Gasteiger partial charge is 0.484 e. The maximum atomic E-state index is 14.4. The van der Waals surface area contributed by atoms with Gasteiger partial charge in [0.2, 0.25) is 0 Å². The van der Waals surface area contributed by atoms with Crippen LogP contribution >= 0.6 is 0 Å². The molecule has 1 aliphatic heterocycles. The minimum absolute atomic E-state index is 0.168. The summed E-state index contributed by atoms with van der Waals surface area (Å²) in [6.45, 7) is 3.64. The first kappa shape index (κ1) is 16.4. The minimum Gasteiger partial charge on any atom is -0.484 e. The molecule has 3 heterocycles. The first-order valence-electron chi connectivity index (χ1n) is 9.20. The van der Waals surface area contributed by atoms with E-state index in [1.54, 1.807) is 6.07 Å². The zero-order valence-corrected chi connectivity index (χ0v) is 15.1. The summed E-state index contributed by atoms with van der Waals surface area (Å²) >= 11 is 0. The van der Waals surface area contributed by atoms with E-state index >= 15 is 0 Å². The molecule has 0 bridgehead atoms. The van der Waals surface area contributed by atoms with Gasteiger partial charge in [0.05, 0.1) is 11.2 Å². The highest BCUT2D eigenvalue weighted by Gasteiger charge is 2.40. The normalized spacial score (nSPS) is 21.0. The van der Waals surface area contributed by atoms with Crippen molar-refractivity contribution in [3.8, 4) is 17.1 Å². The van der Waals surface area contributed by atoms with Crippen LogP contribution in [0, 0.1) is 5.82 Å². The standard InChI is InChI=1S/C19H21FN6O/c1-19(3-4-19)27-16-6-12-14(7-13(16)20)24-25-18(12)15-8-17(23-10-22-15)26-5-2-11(21)9-26/h6-8,10-11H,2-5,9,21H2,1H3,(H,24,25). The van der Waals surface area contributed by atoms with E-state index in [1.165, 1.54) is 12.4 Å². The third kappa shape index (κ3) is 2.99. The number of nitrogens with zero attached hydrogens (tertiary/aromatic N) is 4. The molecule has 3 N–H and O–H groups in total. The Bertz CT molecular complexity index is 1010. The maximum Gasteiger partial charge on any atom is 0.167 e. The molecule has 1 aromatic carbocycles. The lowest BCUT2D eigenvalue weighted by atomic mass is 10.1. The number of nitrogens with two attached hydrogens (primary N) is 1. The molecule has 0 spiro atoms. The highest BCUT2D eigenvalue weighted by atomic mass is 19.1. The molecule has 7 nitrogen and oxygen atoms in total. The van der Waals surface area contributed by atoms with E-state index in [1.807, 2.05) is 13.0 Å². The lowest BCUT2D eigenvalue weighted by molar-refractivity contribution is 0.191. The molecular formula is C19H21FN6O. The zero-order valence-electron chi connectivity index (χ0n) is 15.1. The van der Waals surface area contributed by atoms with Crippen LogP contribution < -0.4 is 15.4 Å². The summed E-state index contributed by atoms with van der Waals surface area (Å²) in [5, 5.41) is 8.03. The SMILES string of the molecule is CC1(Oc2cc3c(-c4cc(N5CCC(N)C5)ncn4)n[nH]c3cc2F)CC1. The summed E-state index contributed by atoms with van der Waals surface area (Å²) in [6, 6.07) is 5.20. The van der Waals surface area contributed by atoms with E-state index in [4.69, 9.17) is 10.5 Å². The summed E-state index contributed by atoms with van der Waals surface area (Å²) in [5.74, 6) is 0.693. The molecule has 140 valence electrons. The molecule has 8 heteroatoms. The number of aromatic nitrogens is 4. The predicted octanol–water partition coefficient (Wildman–Crippen LogP) is 2.63. The van der Waals surface area contributed by atoms with E-state index in [0.717, 1.165) is 43.6 Å². The fourth-order valence-corrected chi connectivity index (χ4v) is 3.48. The van der Waals surface area contributed by atoms with Gasteiger partial charge in [-0.1, -0.05) is 0 Å². The summed E-state index contributed by atoms with van der Waals surface area (Å²) in [7, 11) is 0. The Balaban J connectivity index is 1.54. The lowest BCUT2D eigenvalue weighted by Gasteiger charge is -2.16. The van der Waals surface area contributed by atoms with E-state index in [9.17, 15) is 4.39 Å². The number of benzene rings is 1. The van der Waals surface area contributed by atoms with Crippen LogP contribution in [0.1, 0.15) is 26.2 Å². The molecule has 2 aliphatic rings. The fourth-order valence-electron chi connectivity index (χ4n) is 3.48. The van der Waals surface area contributed by atoms with Gasteiger partial charge in [0.1, 0.15) is 23.4 Å². The van der Waals surface area contributed by atoms with Crippen LogP contribution in [0.5, 0.6) is 5.75 Å². The number of halogens is 1. The average molecular weight is 368 g/mol. The molecule has 1 saturated carbocycles. The van der Waals surface area contributed by atoms with Gasteiger partial charge >= 0.3 is 0 Å². The number of nitrogens with one attached hydrogen (secondary N) is 1. The quantitative estimate of drug-likeness (QED) is 0.735. The lowest BCUT2D eigenvalue weighted by Crippen LogP contribution is -2.26. The van der Waals surface area contributed by atoms with Crippen LogP contribution in [-0.2, 0) is 0 Å². The van der Waals surface area contributed by atoms with Gasteiger partial charge in [-0.3, -0.25) is 5.10 Å². The van der Waals surface area contributed by atoms with Crippen LogP contribution in [0.15, 0.2) is 24.5 Å². The van der Waals surface area contributed by atoms with Crippen LogP contribution in [0.3, 0.4) is 0 Å². The average Bonchev–Trinajstić information content (AvgIpc) is 3.04. The summed E-state index contributed by atoms with van der Waals surface area (Å²) < 4.78 is 20.2. The minimum atomic E-state index is -0.389. The number of aromatic amines is 1. The topological polar surface area (TPSA) is 93.0 Å². The van der Waals surface area contributed by atoms with Crippen molar-refractivity contribution in [2.24, 2.45) is 5.73 Å². The van der Waals surface area contributed by atoms with Crippen molar-refractivity contribution in [2.45, 2.75) is 37.8 Å². The molecule has 1 saturated heterocycles. The maximum absolute atomic E-state index is 14.4. The van der Waals surface area contributed by atoms with Crippen molar-refractivity contribution in [1.29, 1.82) is 0 Å². The molecule has 0 radical (unpaired) electrons. The Hall–Kier alpha value is -2.74. The Morgan fingerprint density at radius 1 is 1.30 bits per heavy atom. The molecule has 0 amide bonds. The molecular weight excluding hydrogens is 347 g/mol. The van der Waals surface area contributed by atoms with Crippen molar-refractivity contribution in [3.63, 3.8) is 0 Å². The number of H-pyrrole nitrogens is 1.